The predicted octanol–water partition coefficient (Wildman–Crippen LogP) is 8.09. The minimum absolute atomic E-state index is 0.0121. The lowest BCUT2D eigenvalue weighted by atomic mass is 9.83. The summed E-state index contributed by atoms with van der Waals surface area (Å²) in [6.07, 6.45) is 13.8. The van der Waals surface area contributed by atoms with Crippen molar-refractivity contribution in [3.63, 3.8) is 0 Å². The summed E-state index contributed by atoms with van der Waals surface area (Å²) >= 11 is 0. The lowest BCUT2D eigenvalue weighted by molar-refractivity contribution is -0.124. The van der Waals surface area contributed by atoms with Crippen LogP contribution in [0.1, 0.15) is 108 Å². The second-order valence-corrected chi connectivity index (χ2v) is 14.9. The Morgan fingerprint density at radius 1 is 1.07 bits per heavy atom. The number of ketones is 1. The van der Waals surface area contributed by atoms with E-state index in [9.17, 15) is 13.6 Å². The average Bonchev–Trinajstić information content (AvgIpc) is 3.92. The third-order valence-electron chi connectivity index (χ3n) is 11.7. The average molecular weight is 621 g/mol. The number of Topliss-reactive ketones (excluding diaryl/α,β-unsaturated/α-hetero) is 1. The number of hydrogen-bond acceptors (Lipinski definition) is 5. The van der Waals surface area contributed by atoms with Crippen LogP contribution in [0, 0.1) is 29.6 Å². The zero-order valence-corrected chi connectivity index (χ0v) is 27.8. The van der Waals surface area contributed by atoms with Crippen LogP contribution >= 0.6 is 0 Å². The van der Waals surface area contributed by atoms with Gasteiger partial charge in [-0.1, -0.05) is 77.9 Å². The van der Waals surface area contributed by atoms with E-state index in [0.717, 1.165) is 85.5 Å². The molecule has 5 nitrogen and oxygen atoms in total. The van der Waals surface area contributed by atoms with Crippen LogP contribution in [-0.4, -0.2) is 52.2 Å². The van der Waals surface area contributed by atoms with E-state index >= 15 is 0 Å². The molecule has 0 bridgehead atoms. The summed E-state index contributed by atoms with van der Waals surface area (Å²) in [7, 11) is 2.11. The molecule has 1 saturated heterocycles. The Kier molecular flexibility index (Phi) is 9.94. The molecule has 4 fully saturated rings. The maximum Gasteiger partial charge on any atom is 0.244 e. The monoisotopic (exact) mass is 620 g/mol. The normalized spacial score (nSPS) is 28.8. The number of alkyl halides is 2. The van der Waals surface area contributed by atoms with Crippen LogP contribution in [0.25, 0.3) is 11.0 Å². The Hall–Kier alpha value is -2.41. The molecule has 6 rings (SSSR count). The Morgan fingerprint density at radius 3 is 2.49 bits per heavy atom. The molecule has 0 amide bonds. The quantitative estimate of drug-likeness (QED) is 0.192. The van der Waals surface area contributed by atoms with E-state index in [1.807, 2.05) is 0 Å². The summed E-state index contributed by atoms with van der Waals surface area (Å²) in [5.41, 5.74) is 5.07. The first-order valence-corrected chi connectivity index (χ1v) is 18.0. The summed E-state index contributed by atoms with van der Waals surface area (Å²) in [6.45, 7) is 9.66. The Bertz CT molecular complexity index is 1370. The molecule has 246 valence electrons. The van der Waals surface area contributed by atoms with Crippen LogP contribution in [0.4, 0.5) is 8.78 Å². The fourth-order valence-corrected chi connectivity index (χ4v) is 8.86. The van der Waals surface area contributed by atoms with E-state index in [2.05, 4.69) is 55.9 Å². The van der Waals surface area contributed by atoms with Gasteiger partial charge >= 0.3 is 0 Å². The van der Waals surface area contributed by atoms with Gasteiger partial charge in [-0.25, -0.2) is 18.7 Å². The minimum Gasteiger partial charge on any atom is -0.375 e. The van der Waals surface area contributed by atoms with Gasteiger partial charge in [-0.15, -0.1) is 0 Å². The molecule has 3 unspecified atom stereocenters. The SMILES string of the molecule is C=C(N[C@]1(C(=O)C2CC2)CC1C(F)F)C1C(CC)[C@@H](Cc2nc3cc(CC)ccc3nc2CCCCCC2CCCC2)CN1C. The van der Waals surface area contributed by atoms with Crippen LogP contribution in [0.3, 0.4) is 0 Å². The molecule has 1 aliphatic heterocycles. The topological polar surface area (TPSA) is 58.1 Å². The number of aromatic nitrogens is 2. The number of carbonyl (C=O) groups excluding carboxylic acids is 1. The second kappa shape index (κ2) is 13.8. The highest BCUT2D eigenvalue weighted by molar-refractivity contribution is 5.95. The van der Waals surface area contributed by atoms with Crippen LogP contribution in [-0.2, 0) is 24.1 Å². The van der Waals surface area contributed by atoms with Gasteiger partial charge in [-0.05, 0) is 87.4 Å². The molecular weight excluding hydrogens is 566 g/mol. The van der Waals surface area contributed by atoms with Gasteiger partial charge in [0.15, 0.2) is 5.78 Å². The highest BCUT2D eigenvalue weighted by atomic mass is 19.3. The number of carbonyl (C=O) groups is 1. The number of aryl methyl sites for hydroxylation is 2. The predicted molar refractivity (Wildman–Crippen MR) is 177 cm³/mol. The summed E-state index contributed by atoms with van der Waals surface area (Å²) in [5.74, 6) is 0.568. The molecule has 1 aromatic heterocycles. The first-order valence-electron chi connectivity index (χ1n) is 18.0. The molecule has 4 aliphatic rings. The summed E-state index contributed by atoms with van der Waals surface area (Å²) in [6, 6.07) is 6.47. The van der Waals surface area contributed by atoms with Crippen LogP contribution in [0.15, 0.2) is 30.5 Å². The summed E-state index contributed by atoms with van der Waals surface area (Å²) in [5, 5.41) is 3.36. The molecular formula is C38H54F2N4O. The first kappa shape index (κ1) is 32.5. The molecule has 0 spiro atoms. The van der Waals surface area contributed by atoms with Gasteiger partial charge in [0, 0.05) is 18.2 Å². The van der Waals surface area contributed by atoms with Crippen molar-refractivity contribution in [3.8, 4) is 0 Å². The number of unbranched alkanes of at least 4 members (excludes halogenated alkanes) is 2. The van der Waals surface area contributed by atoms with Gasteiger partial charge in [0.05, 0.1) is 34.4 Å². The molecule has 0 radical (unpaired) electrons. The van der Waals surface area contributed by atoms with E-state index in [4.69, 9.17) is 9.97 Å². The van der Waals surface area contributed by atoms with Crippen molar-refractivity contribution in [2.45, 2.75) is 128 Å². The molecule has 2 aromatic rings. The van der Waals surface area contributed by atoms with Crippen molar-refractivity contribution in [2.24, 2.45) is 29.6 Å². The summed E-state index contributed by atoms with van der Waals surface area (Å²) < 4.78 is 27.7. The number of fused-ring (bicyclic) bond motifs is 1. The number of likely N-dealkylation sites (tertiary alicyclic amines) is 1. The molecule has 1 aromatic carbocycles. The maximum atomic E-state index is 13.9. The lowest BCUT2D eigenvalue weighted by Crippen LogP contribution is -2.48. The fraction of sp³-hybridized carbons (Fsp3) is 0.711. The van der Waals surface area contributed by atoms with Gasteiger partial charge in [0.1, 0.15) is 5.54 Å². The number of benzene rings is 1. The van der Waals surface area contributed by atoms with Crippen LogP contribution in [0.2, 0.25) is 0 Å². The Balaban J connectivity index is 1.17. The van der Waals surface area contributed by atoms with Crippen molar-refractivity contribution in [1.82, 2.24) is 20.2 Å². The van der Waals surface area contributed by atoms with E-state index in [0.29, 0.717) is 5.92 Å². The number of nitrogens with zero attached hydrogens (tertiary/aromatic N) is 3. The van der Waals surface area contributed by atoms with Gasteiger partial charge < -0.3 is 5.32 Å². The smallest absolute Gasteiger partial charge is 0.244 e. The largest absolute Gasteiger partial charge is 0.375 e. The zero-order valence-electron chi connectivity index (χ0n) is 27.8. The lowest BCUT2D eigenvalue weighted by Gasteiger charge is -2.31. The standard InChI is InChI=1S/C38H54F2N4O/c1-5-25-16-19-32-33(20-25)42-34(31(41-32)15-9-7-8-12-26-13-10-11-14-26)21-28-23-44(4)35(29(28)6-2)24(3)43-38(22-30(38)37(39)40)36(45)27-17-18-27/h16,19-20,26-30,35,37,43H,3,5-15,17-18,21-23H2,1-2,4H3/t28-,29?,30?,35?,38+/m0/s1. The number of rotatable bonds is 16. The highest BCUT2D eigenvalue weighted by Crippen LogP contribution is 2.53. The highest BCUT2D eigenvalue weighted by Gasteiger charge is 2.66. The van der Waals surface area contributed by atoms with Gasteiger partial charge in [0.25, 0.3) is 0 Å². The molecule has 5 atom stereocenters. The van der Waals surface area contributed by atoms with Crippen molar-refractivity contribution in [1.29, 1.82) is 0 Å². The van der Waals surface area contributed by atoms with E-state index in [1.165, 1.54) is 50.5 Å². The third-order valence-corrected chi connectivity index (χ3v) is 11.7. The van der Waals surface area contributed by atoms with E-state index < -0.39 is 17.9 Å². The first-order chi connectivity index (χ1) is 21.7. The molecule has 7 heteroatoms. The van der Waals surface area contributed by atoms with Crippen molar-refractivity contribution in [3.05, 3.63) is 47.4 Å². The molecule has 3 saturated carbocycles. The van der Waals surface area contributed by atoms with E-state index in [-0.39, 0.29) is 30.1 Å². The molecule has 1 N–H and O–H groups in total. The Morgan fingerprint density at radius 2 is 1.82 bits per heavy atom. The second-order valence-electron chi connectivity index (χ2n) is 14.9. The number of nitrogens with one attached hydrogen (secondary N) is 1. The van der Waals surface area contributed by atoms with E-state index in [1.54, 1.807) is 0 Å². The number of halogens is 2. The van der Waals surface area contributed by atoms with Crippen LogP contribution in [0.5, 0.6) is 0 Å². The fourth-order valence-electron chi connectivity index (χ4n) is 8.86. The van der Waals surface area contributed by atoms with Gasteiger partial charge in [-0.2, -0.15) is 0 Å². The molecule has 45 heavy (non-hydrogen) atoms. The minimum atomic E-state index is -2.50. The Labute approximate surface area is 269 Å². The van der Waals surface area contributed by atoms with Gasteiger partial charge in [0.2, 0.25) is 6.43 Å². The van der Waals surface area contributed by atoms with Crippen molar-refractivity contribution < 1.29 is 13.6 Å². The third kappa shape index (κ3) is 6.99. The molecule has 2 heterocycles. The zero-order chi connectivity index (χ0) is 31.7. The van der Waals surface area contributed by atoms with Crippen molar-refractivity contribution >= 4 is 16.8 Å². The number of likely N-dealkylation sites (N-methyl/N-ethyl adjacent to an activating group) is 1. The maximum absolute atomic E-state index is 13.9. The van der Waals surface area contributed by atoms with Gasteiger partial charge in [-0.3, -0.25) is 9.69 Å². The molecule has 3 aliphatic carbocycles. The van der Waals surface area contributed by atoms with Crippen molar-refractivity contribution in [2.75, 3.05) is 13.6 Å². The summed E-state index contributed by atoms with van der Waals surface area (Å²) in [4.78, 5) is 26.0. The number of hydrogen-bond donors (Lipinski definition) is 1. The van der Waals surface area contributed by atoms with Crippen LogP contribution < -0.4 is 5.32 Å².